The highest BCUT2D eigenvalue weighted by Crippen LogP contribution is 2.57. The number of hydrogen-bond acceptors (Lipinski definition) is 2. The number of benzene rings is 8. The van der Waals surface area contributed by atoms with Gasteiger partial charge in [0.05, 0.1) is 27.8 Å². The van der Waals surface area contributed by atoms with Crippen molar-refractivity contribution in [3.8, 4) is 33.6 Å². The van der Waals surface area contributed by atoms with Crippen LogP contribution in [0.1, 0.15) is 22.3 Å². The molecular formula is C47H30N2. The molecule has 1 aliphatic carbocycles. The van der Waals surface area contributed by atoms with Crippen LogP contribution < -0.4 is 0 Å². The Morgan fingerprint density at radius 3 is 1.65 bits per heavy atom. The van der Waals surface area contributed by atoms with Gasteiger partial charge in [-0.2, -0.15) is 0 Å². The van der Waals surface area contributed by atoms with E-state index in [1.54, 1.807) is 0 Å². The Kier molecular flexibility index (Phi) is 6.13. The molecule has 10 rings (SSSR count). The first kappa shape index (κ1) is 27.7. The average molecular weight is 623 g/mol. The highest BCUT2D eigenvalue weighted by Gasteiger charge is 2.46. The fraction of sp³-hybridized carbons (Fsp3) is 0.0213. The van der Waals surface area contributed by atoms with Crippen LogP contribution in [0.3, 0.4) is 0 Å². The number of rotatable bonds is 4. The third-order valence-corrected chi connectivity index (χ3v) is 10.3. The van der Waals surface area contributed by atoms with E-state index in [2.05, 4.69) is 182 Å². The van der Waals surface area contributed by atoms with Crippen LogP contribution in [0.2, 0.25) is 0 Å². The summed E-state index contributed by atoms with van der Waals surface area (Å²) in [5.41, 5.74) is 12.7. The first-order chi connectivity index (χ1) is 24.3. The lowest BCUT2D eigenvalue weighted by molar-refractivity contribution is 0.770. The van der Waals surface area contributed by atoms with Crippen molar-refractivity contribution in [3.63, 3.8) is 0 Å². The predicted molar refractivity (Wildman–Crippen MR) is 203 cm³/mol. The van der Waals surface area contributed by atoms with Crippen LogP contribution in [0.4, 0.5) is 0 Å². The minimum atomic E-state index is -0.527. The molecule has 8 aromatic carbocycles. The molecule has 2 heteroatoms. The maximum atomic E-state index is 5.42. The van der Waals surface area contributed by atoms with E-state index in [-0.39, 0.29) is 0 Å². The van der Waals surface area contributed by atoms with Crippen molar-refractivity contribution in [2.45, 2.75) is 5.41 Å². The SMILES string of the molecule is c1ccc(-c2nc3c(ccc4ccccc43)nc2-c2ccc3c(c2)C(c2ccccc2)(c2ccccc2)c2cc4ccccc4cc2-3)cc1. The Balaban J connectivity index is 1.31. The lowest BCUT2D eigenvalue weighted by Gasteiger charge is -2.34. The minimum absolute atomic E-state index is 0.527. The Hall–Kier alpha value is -6.38. The van der Waals surface area contributed by atoms with Crippen LogP contribution in [0, 0.1) is 0 Å². The summed E-state index contributed by atoms with van der Waals surface area (Å²) in [5.74, 6) is 0. The average Bonchev–Trinajstić information content (AvgIpc) is 3.46. The highest BCUT2D eigenvalue weighted by molar-refractivity contribution is 6.05. The molecule has 0 aliphatic heterocycles. The molecule has 1 heterocycles. The molecule has 0 saturated heterocycles. The van der Waals surface area contributed by atoms with Gasteiger partial charge < -0.3 is 0 Å². The number of nitrogens with zero attached hydrogens (tertiary/aromatic N) is 2. The maximum Gasteiger partial charge on any atom is 0.0973 e. The molecule has 228 valence electrons. The molecule has 1 aromatic heterocycles. The van der Waals surface area contributed by atoms with Crippen LogP contribution in [-0.4, -0.2) is 9.97 Å². The molecule has 0 spiro atoms. The minimum Gasteiger partial charge on any atom is -0.244 e. The molecule has 1 aliphatic rings. The van der Waals surface area contributed by atoms with Gasteiger partial charge in [-0.05, 0) is 73.8 Å². The Labute approximate surface area is 285 Å². The summed E-state index contributed by atoms with van der Waals surface area (Å²) in [7, 11) is 0. The van der Waals surface area contributed by atoms with Crippen LogP contribution in [0.5, 0.6) is 0 Å². The van der Waals surface area contributed by atoms with Crippen LogP contribution in [0.25, 0.3) is 66.2 Å². The number of aromatic nitrogens is 2. The van der Waals surface area contributed by atoms with Gasteiger partial charge in [-0.15, -0.1) is 0 Å². The van der Waals surface area contributed by atoms with Crippen molar-refractivity contribution in [2.75, 3.05) is 0 Å². The Bertz CT molecular complexity index is 2660. The summed E-state index contributed by atoms with van der Waals surface area (Å²) in [6, 6.07) is 65.6. The van der Waals surface area contributed by atoms with Crippen molar-refractivity contribution in [3.05, 3.63) is 204 Å². The molecule has 9 aromatic rings. The van der Waals surface area contributed by atoms with Crippen LogP contribution in [-0.2, 0) is 5.41 Å². The monoisotopic (exact) mass is 622 g/mol. The van der Waals surface area contributed by atoms with E-state index in [1.165, 1.54) is 44.2 Å². The molecule has 0 fully saturated rings. The molecule has 0 saturated carbocycles. The zero-order chi connectivity index (χ0) is 32.4. The lowest BCUT2D eigenvalue weighted by Crippen LogP contribution is -2.28. The summed E-state index contributed by atoms with van der Waals surface area (Å²) in [4.78, 5) is 10.8. The molecular weight excluding hydrogens is 593 g/mol. The lowest BCUT2D eigenvalue weighted by atomic mass is 9.67. The standard InChI is InChI=1S/C47H30N2/c1-4-15-32(16-5-1)44-45(48-43-27-25-31-14-12-13-23-38(31)46(43)49-44)35-24-26-39-40-28-33-17-10-11-18-34(33)29-42(40)47(41(39)30-35,36-19-6-2-7-20-36)37-21-8-3-9-22-37/h1-30H. The van der Waals surface area contributed by atoms with Crippen molar-refractivity contribution < 1.29 is 0 Å². The molecule has 0 unspecified atom stereocenters. The molecule has 0 atom stereocenters. The van der Waals surface area contributed by atoms with Crippen molar-refractivity contribution >= 4 is 32.6 Å². The van der Waals surface area contributed by atoms with E-state index in [1.807, 2.05) is 0 Å². The van der Waals surface area contributed by atoms with Crippen LogP contribution in [0.15, 0.2) is 182 Å². The molecule has 0 bridgehead atoms. The summed E-state index contributed by atoms with van der Waals surface area (Å²) < 4.78 is 0. The third-order valence-electron chi connectivity index (χ3n) is 10.3. The van der Waals surface area contributed by atoms with E-state index in [0.717, 1.165) is 44.3 Å². The van der Waals surface area contributed by atoms with Crippen molar-refractivity contribution in [2.24, 2.45) is 0 Å². The predicted octanol–water partition coefficient (Wildman–Crippen LogP) is 11.6. The maximum absolute atomic E-state index is 5.42. The zero-order valence-corrected chi connectivity index (χ0v) is 26.7. The molecule has 49 heavy (non-hydrogen) atoms. The van der Waals surface area contributed by atoms with Gasteiger partial charge in [0, 0.05) is 16.5 Å². The second-order valence-corrected chi connectivity index (χ2v) is 12.9. The van der Waals surface area contributed by atoms with E-state index in [0.29, 0.717) is 0 Å². The van der Waals surface area contributed by atoms with Gasteiger partial charge >= 0.3 is 0 Å². The first-order valence-electron chi connectivity index (χ1n) is 16.8. The third kappa shape index (κ3) is 4.14. The molecule has 0 amide bonds. The van der Waals surface area contributed by atoms with E-state index >= 15 is 0 Å². The van der Waals surface area contributed by atoms with Crippen molar-refractivity contribution in [1.82, 2.24) is 9.97 Å². The smallest absolute Gasteiger partial charge is 0.0973 e. The molecule has 0 N–H and O–H groups in total. The molecule has 0 radical (unpaired) electrons. The topological polar surface area (TPSA) is 25.8 Å². The summed E-state index contributed by atoms with van der Waals surface area (Å²) in [6.07, 6.45) is 0. The van der Waals surface area contributed by atoms with Gasteiger partial charge in [0.2, 0.25) is 0 Å². The van der Waals surface area contributed by atoms with Crippen molar-refractivity contribution in [1.29, 1.82) is 0 Å². The summed E-state index contributed by atoms with van der Waals surface area (Å²) in [5, 5.41) is 4.76. The first-order valence-corrected chi connectivity index (χ1v) is 16.8. The largest absolute Gasteiger partial charge is 0.244 e. The summed E-state index contributed by atoms with van der Waals surface area (Å²) >= 11 is 0. The quantitative estimate of drug-likeness (QED) is 0.183. The van der Waals surface area contributed by atoms with Gasteiger partial charge in [0.15, 0.2) is 0 Å². The Morgan fingerprint density at radius 1 is 0.367 bits per heavy atom. The number of hydrogen-bond donors (Lipinski definition) is 0. The zero-order valence-electron chi connectivity index (χ0n) is 26.7. The second-order valence-electron chi connectivity index (χ2n) is 12.9. The fourth-order valence-electron chi connectivity index (χ4n) is 8.11. The second kappa shape index (κ2) is 10.8. The van der Waals surface area contributed by atoms with Gasteiger partial charge in [0.25, 0.3) is 0 Å². The normalized spacial score (nSPS) is 13.1. The van der Waals surface area contributed by atoms with E-state index in [4.69, 9.17) is 9.97 Å². The van der Waals surface area contributed by atoms with Gasteiger partial charge in [-0.25, -0.2) is 9.97 Å². The fourth-order valence-corrected chi connectivity index (χ4v) is 8.11. The Morgan fingerprint density at radius 2 is 0.939 bits per heavy atom. The summed E-state index contributed by atoms with van der Waals surface area (Å²) in [6.45, 7) is 0. The van der Waals surface area contributed by atoms with E-state index in [9.17, 15) is 0 Å². The molecule has 2 nitrogen and oxygen atoms in total. The van der Waals surface area contributed by atoms with Gasteiger partial charge in [-0.1, -0.05) is 158 Å². The van der Waals surface area contributed by atoms with E-state index < -0.39 is 5.41 Å². The highest BCUT2D eigenvalue weighted by atomic mass is 14.8. The van der Waals surface area contributed by atoms with Gasteiger partial charge in [-0.3, -0.25) is 0 Å². The number of fused-ring (bicyclic) bond motifs is 7. The van der Waals surface area contributed by atoms with Crippen LogP contribution >= 0.6 is 0 Å². The van der Waals surface area contributed by atoms with Gasteiger partial charge in [0.1, 0.15) is 0 Å².